The minimum absolute atomic E-state index is 0.00486. The third-order valence-corrected chi connectivity index (χ3v) is 10.2. The Morgan fingerprint density at radius 3 is 2.56 bits per heavy atom. The van der Waals surface area contributed by atoms with E-state index in [0.29, 0.717) is 38.5 Å². The van der Waals surface area contributed by atoms with Gasteiger partial charge in [-0.05, 0) is 82.3 Å². The molecule has 1 aromatic rings. The highest BCUT2D eigenvalue weighted by Gasteiger charge is 2.54. The number of ether oxygens (including phenoxy) is 2. The van der Waals surface area contributed by atoms with E-state index in [1.54, 1.807) is 6.92 Å². The highest BCUT2D eigenvalue weighted by molar-refractivity contribution is 6.39. The molecule has 0 saturated carbocycles. The molecule has 248 valence electrons. The number of ketones is 1. The lowest BCUT2D eigenvalue weighted by Gasteiger charge is -2.44. The molecular weight excluding hydrogens is 570 g/mol. The molecule has 3 heterocycles. The normalized spacial score (nSPS) is 36.1. The number of nitrogens with zero attached hydrogens (tertiary/aromatic N) is 1. The Kier molecular flexibility index (Phi) is 12.2. The highest BCUT2D eigenvalue weighted by atomic mass is 16.6. The van der Waals surface area contributed by atoms with Crippen LogP contribution < -0.4 is 0 Å². The standard InChI is InChI=1S/C37H53NO7/c1-6-29(23-28-16-13-14-24(2)22-28)32-18-10-8-7-9-15-25(3)33(39)27(5)31-20-19-26(4)37(43,45-31)34(40)35(41)38-21-12-11-17-30(38)36(42)44-32/h7,9-10,13-14,16,18,22,25-27,29-33,39,43H,6,8,11-12,15,17,19-21,23H2,1-5H3/b9-7+,18-10+/t25-,26-,27+,29-,30?,31+,32+,33+,37-/m1/s1. The molecule has 1 aromatic carbocycles. The summed E-state index contributed by atoms with van der Waals surface area (Å²) in [5.41, 5.74) is 2.33. The first-order valence-corrected chi connectivity index (χ1v) is 17.0. The van der Waals surface area contributed by atoms with Gasteiger partial charge in [0.2, 0.25) is 5.79 Å². The molecule has 8 heteroatoms. The molecule has 0 aliphatic carbocycles. The van der Waals surface area contributed by atoms with Crippen LogP contribution in [0.1, 0.15) is 90.2 Å². The van der Waals surface area contributed by atoms with Crippen molar-refractivity contribution in [1.29, 1.82) is 0 Å². The van der Waals surface area contributed by atoms with Gasteiger partial charge in [0, 0.05) is 24.3 Å². The van der Waals surface area contributed by atoms with E-state index in [9.17, 15) is 24.6 Å². The summed E-state index contributed by atoms with van der Waals surface area (Å²) in [5.74, 6) is -5.92. The molecule has 9 atom stereocenters. The average Bonchev–Trinajstić information content (AvgIpc) is 3.04. The number of esters is 1. The number of hydrogen-bond donors (Lipinski definition) is 2. The minimum atomic E-state index is -2.33. The number of aliphatic hydroxyl groups is 2. The third-order valence-electron chi connectivity index (χ3n) is 10.2. The second kappa shape index (κ2) is 15.7. The molecule has 8 nitrogen and oxygen atoms in total. The van der Waals surface area contributed by atoms with E-state index in [4.69, 9.17) is 9.47 Å². The van der Waals surface area contributed by atoms with Gasteiger partial charge in [0.15, 0.2) is 0 Å². The number of aryl methyl sites for hydroxylation is 1. The van der Waals surface area contributed by atoms with Crippen LogP contribution in [0.3, 0.4) is 0 Å². The summed E-state index contributed by atoms with van der Waals surface area (Å²) in [5, 5.41) is 22.8. The molecule has 3 aliphatic rings. The zero-order chi connectivity index (χ0) is 32.7. The zero-order valence-electron chi connectivity index (χ0n) is 27.7. The second-order valence-electron chi connectivity index (χ2n) is 13.6. The van der Waals surface area contributed by atoms with E-state index in [1.807, 2.05) is 38.1 Å². The monoisotopic (exact) mass is 623 g/mol. The summed E-state index contributed by atoms with van der Waals surface area (Å²) in [7, 11) is 0. The molecule has 4 rings (SSSR count). The first-order chi connectivity index (χ1) is 21.5. The van der Waals surface area contributed by atoms with Crippen LogP contribution in [0.4, 0.5) is 0 Å². The number of hydrogen-bond acceptors (Lipinski definition) is 7. The SMILES string of the molecule is CC[C@H](Cc1cccc(C)c1)[C@@H]1/C=C/C/C=C/C[C@@H](C)[C@H](O)[C@@H](C)[C@@H]2CC[C@@H](C)[C@@](O)(O2)C(=O)C(=O)N2CCCCC2C(=O)O1. The van der Waals surface area contributed by atoms with Gasteiger partial charge < -0.3 is 24.6 Å². The lowest BCUT2D eigenvalue weighted by Crippen LogP contribution is -2.61. The lowest BCUT2D eigenvalue weighted by atomic mass is 9.80. The molecule has 45 heavy (non-hydrogen) atoms. The van der Waals surface area contributed by atoms with E-state index in [0.717, 1.165) is 24.8 Å². The van der Waals surface area contributed by atoms with Gasteiger partial charge in [-0.1, -0.05) is 75.8 Å². The van der Waals surface area contributed by atoms with Crippen LogP contribution in [0.2, 0.25) is 0 Å². The Morgan fingerprint density at radius 1 is 1.04 bits per heavy atom. The number of piperidine rings is 1. The van der Waals surface area contributed by atoms with Gasteiger partial charge in [-0.3, -0.25) is 9.59 Å². The maximum atomic E-state index is 13.9. The predicted octanol–water partition coefficient (Wildman–Crippen LogP) is 5.47. The largest absolute Gasteiger partial charge is 0.456 e. The van der Waals surface area contributed by atoms with Crippen LogP contribution in [0.25, 0.3) is 0 Å². The predicted molar refractivity (Wildman–Crippen MR) is 173 cm³/mol. The fourth-order valence-corrected chi connectivity index (χ4v) is 7.08. The molecular formula is C37H53NO7. The number of aliphatic hydroxyl groups excluding tert-OH is 1. The summed E-state index contributed by atoms with van der Waals surface area (Å²) in [6, 6.07) is 7.39. The van der Waals surface area contributed by atoms with Crippen molar-refractivity contribution in [1.82, 2.24) is 4.90 Å². The second-order valence-corrected chi connectivity index (χ2v) is 13.6. The van der Waals surface area contributed by atoms with Gasteiger partial charge in [0.1, 0.15) is 12.1 Å². The van der Waals surface area contributed by atoms with E-state index in [2.05, 4.69) is 38.1 Å². The summed E-state index contributed by atoms with van der Waals surface area (Å²) in [4.78, 5) is 42.7. The average molecular weight is 624 g/mol. The quantitative estimate of drug-likeness (QED) is 0.260. The topological polar surface area (TPSA) is 113 Å². The van der Waals surface area contributed by atoms with Gasteiger partial charge in [-0.25, -0.2) is 4.79 Å². The van der Waals surface area contributed by atoms with Crippen molar-refractivity contribution >= 4 is 17.7 Å². The van der Waals surface area contributed by atoms with Crippen molar-refractivity contribution in [2.45, 2.75) is 123 Å². The summed E-state index contributed by atoms with van der Waals surface area (Å²) < 4.78 is 12.3. The van der Waals surface area contributed by atoms with Gasteiger partial charge in [0.25, 0.3) is 11.7 Å². The van der Waals surface area contributed by atoms with Gasteiger partial charge in [-0.15, -0.1) is 0 Å². The first kappa shape index (κ1) is 35.1. The van der Waals surface area contributed by atoms with Crippen molar-refractivity contribution in [2.75, 3.05) is 6.54 Å². The Labute approximate surface area is 268 Å². The van der Waals surface area contributed by atoms with Gasteiger partial charge in [-0.2, -0.15) is 0 Å². The van der Waals surface area contributed by atoms with E-state index >= 15 is 0 Å². The lowest BCUT2D eigenvalue weighted by molar-refractivity contribution is -0.274. The molecule has 2 bridgehead atoms. The van der Waals surface area contributed by atoms with Crippen LogP contribution in [0.5, 0.6) is 0 Å². The van der Waals surface area contributed by atoms with E-state index < -0.39 is 53.7 Å². The van der Waals surface area contributed by atoms with Gasteiger partial charge in [0.05, 0.1) is 12.2 Å². The molecule has 1 unspecified atom stereocenters. The molecule has 3 aliphatic heterocycles. The number of rotatable bonds is 4. The molecule has 0 radical (unpaired) electrons. The molecule has 2 saturated heterocycles. The highest BCUT2D eigenvalue weighted by Crippen LogP contribution is 2.38. The Hall–Kier alpha value is -2.81. The van der Waals surface area contributed by atoms with Crippen LogP contribution in [0.15, 0.2) is 48.6 Å². The molecule has 0 aromatic heterocycles. The smallest absolute Gasteiger partial charge is 0.329 e. The van der Waals surface area contributed by atoms with Crippen molar-refractivity contribution in [3.05, 3.63) is 59.7 Å². The summed E-state index contributed by atoms with van der Waals surface area (Å²) in [6.07, 6.45) is 11.7. The number of amides is 1. The molecule has 2 N–H and O–H groups in total. The van der Waals surface area contributed by atoms with Crippen LogP contribution in [-0.2, 0) is 30.3 Å². The molecule has 2 fully saturated rings. The van der Waals surface area contributed by atoms with Crippen LogP contribution in [-0.4, -0.2) is 69.5 Å². The minimum Gasteiger partial charge on any atom is -0.456 e. The van der Waals surface area contributed by atoms with Crippen molar-refractivity contribution in [2.24, 2.45) is 23.7 Å². The number of Topliss-reactive ketones (excluding diaryl/α,β-unsaturated/α-hetero) is 1. The summed E-state index contributed by atoms with van der Waals surface area (Å²) in [6.45, 7) is 9.89. The maximum absolute atomic E-state index is 13.9. The molecule has 1 amide bonds. The Bertz CT molecular complexity index is 1240. The van der Waals surface area contributed by atoms with Crippen molar-refractivity contribution in [3.8, 4) is 0 Å². The first-order valence-electron chi connectivity index (χ1n) is 17.0. The fraction of sp³-hybridized carbons (Fsp3) is 0.649. The third kappa shape index (κ3) is 8.32. The van der Waals surface area contributed by atoms with E-state index in [1.165, 1.54) is 10.5 Å². The number of allylic oxidation sites excluding steroid dienone is 3. The van der Waals surface area contributed by atoms with E-state index in [-0.39, 0.29) is 24.3 Å². The van der Waals surface area contributed by atoms with Crippen molar-refractivity contribution in [3.63, 3.8) is 0 Å². The Morgan fingerprint density at radius 2 is 1.82 bits per heavy atom. The van der Waals surface area contributed by atoms with Gasteiger partial charge >= 0.3 is 5.97 Å². The van der Waals surface area contributed by atoms with Crippen molar-refractivity contribution < 1.29 is 34.1 Å². The Balaban J connectivity index is 1.67. The zero-order valence-corrected chi connectivity index (χ0v) is 27.7. The number of fused-ring (bicyclic) bond motifs is 3. The van der Waals surface area contributed by atoms with Crippen LogP contribution in [0, 0.1) is 30.6 Å². The number of carbonyl (C=O) groups excluding carboxylic acids is 3. The van der Waals surface area contributed by atoms with Crippen LogP contribution >= 0.6 is 0 Å². The summed E-state index contributed by atoms with van der Waals surface area (Å²) >= 11 is 0. The molecule has 0 spiro atoms. The number of benzene rings is 1. The fourth-order valence-electron chi connectivity index (χ4n) is 7.08. The number of cyclic esters (lactones) is 1. The maximum Gasteiger partial charge on any atom is 0.329 e. The number of carbonyl (C=O) groups is 3.